The molecule has 0 N–H and O–H groups in total. The summed E-state index contributed by atoms with van der Waals surface area (Å²) < 4.78 is 0. The van der Waals surface area contributed by atoms with E-state index in [0.29, 0.717) is 0 Å². The summed E-state index contributed by atoms with van der Waals surface area (Å²) >= 11 is 0. The lowest BCUT2D eigenvalue weighted by atomic mass is 9.97. The van der Waals surface area contributed by atoms with Crippen molar-refractivity contribution in [1.29, 1.82) is 0 Å². The van der Waals surface area contributed by atoms with Crippen LogP contribution >= 0.6 is 0 Å². The smallest absolute Gasteiger partial charge is 0.179 e. The van der Waals surface area contributed by atoms with Crippen molar-refractivity contribution >= 4 is 17.2 Å². The number of aryl methyl sites for hydroxylation is 2. The molecule has 0 saturated carbocycles. The van der Waals surface area contributed by atoms with Crippen LogP contribution < -0.4 is 0 Å². The number of rotatable bonds is 0. The van der Waals surface area contributed by atoms with Crippen LogP contribution in [0.5, 0.6) is 0 Å². The van der Waals surface area contributed by atoms with E-state index in [-0.39, 0.29) is 5.78 Å². The van der Waals surface area contributed by atoms with Crippen molar-refractivity contribution in [1.82, 2.24) is 0 Å². The van der Waals surface area contributed by atoms with Crippen LogP contribution in [0.3, 0.4) is 0 Å². The minimum absolute atomic E-state index is 0.0705. The Hall–Kier alpha value is -1.96. The second-order valence-corrected chi connectivity index (χ2v) is 4.53. The molecule has 0 saturated heterocycles. The Balaban J connectivity index is 2.13. The molecule has 1 aromatic carbocycles. The molecule has 2 nitrogen and oxygen atoms in total. The summed E-state index contributed by atoms with van der Waals surface area (Å²) in [6.45, 7) is 2.07. The third-order valence-corrected chi connectivity index (χ3v) is 3.20. The molecular weight excluding hydrogens is 210 g/mol. The Labute approximate surface area is 100 Å². The molecule has 3 rings (SSSR count). The van der Waals surface area contributed by atoms with Crippen LogP contribution in [-0.4, -0.2) is 11.5 Å². The van der Waals surface area contributed by atoms with E-state index >= 15 is 0 Å². The van der Waals surface area contributed by atoms with Crippen LogP contribution in [-0.2, 0) is 11.2 Å². The van der Waals surface area contributed by atoms with Gasteiger partial charge in [0.1, 0.15) is 0 Å². The predicted molar refractivity (Wildman–Crippen MR) is 68.8 cm³/mol. The van der Waals surface area contributed by atoms with Crippen molar-refractivity contribution in [3.63, 3.8) is 0 Å². The Bertz CT molecular complexity index is 591. The first-order chi connectivity index (χ1) is 8.22. The molecular formula is C15H13NO. The topological polar surface area (TPSA) is 29.4 Å². The molecule has 1 heterocycles. The fourth-order valence-corrected chi connectivity index (χ4v) is 2.26. The number of fused-ring (bicyclic) bond motifs is 2. The van der Waals surface area contributed by atoms with Crippen LogP contribution in [0.1, 0.15) is 17.5 Å². The van der Waals surface area contributed by atoms with Crippen molar-refractivity contribution in [2.24, 2.45) is 4.99 Å². The van der Waals surface area contributed by atoms with Crippen LogP contribution in [0.25, 0.3) is 0 Å². The number of hydrogen-bond donors (Lipinski definition) is 0. The molecule has 0 aromatic heterocycles. The van der Waals surface area contributed by atoms with E-state index in [1.165, 1.54) is 11.1 Å². The molecule has 1 aliphatic carbocycles. The third-order valence-electron chi connectivity index (χ3n) is 3.20. The van der Waals surface area contributed by atoms with Gasteiger partial charge in [0.15, 0.2) is 5.78 Å². The van der Waals surface area contributed by atoms with Crippen molar-refractivity contribution in [2.45, 2.75) is 19.8 Å². The average molecular weight is 223 g/mol. The van der Waals surface area contributed by atoms with Crippen LogP contribution in [0.4, 0.5) is 5.69 Å². The molecule has 0 bridgehead atoms. The number of hydrogen-bond acceptors (Lipinski definition) is 2. The Morgan fingerprint density at radius 3 is 2.94 bits per heavy atom. The van der Waals surface area contributed by atoms with E-state index in [0.717, 1.165) is 29.8 Å². The molecule has 0 spiro atoms. The SMILES string of the molecule is Cc1ccc2c(c1)N=C1C=CC(=O)C=C1CC2. The number of allylic oxidation sites excluding steroid dienone is 4. The maximum Gasteiger partial charge on any atom is 0.179 e. The molecule has 84 valence electrons. The number of carbonyl (C=O) groups is 1. The van der Waals surface area contributed by atoms with Crippen LogP contribution in [0.2, 0.25) is 0 Å². The highest BCUT2D eigenvalue weighted by atomic mass is 16.1. The van der Waals surface area contributed by atoms with Crippen LogP contribution in [0.15, 0.2) is 47.0 Å². The monoisotopic (exact) mass is 223 g/mol. The quantitative estimate of drug-likeness (QED) is 0.621. The van der Waals surface area contributed by atoms with E-state index in [1.807, 2.05) is 6.08 Å². The van der Waals surface area contributed by atoms with Gasteiger partial charge in [-0.25, -0.2) is 4.99 Å². The van der Waals surface area contributed by atoms with Gasteiger partial charge in [0, 0.05) is 0 Å². The summed E-state index contributed by atoms with van der Waals surface area (Å²) in [7, 11) is 0. The van der Waals surface area contributed by atoms with Gasteiger partial charge in [-0.15, -0.1) is 0 Å². The first-order valence-electron chi connectivity index (χ1n) is 5.83. The minimum atomic E-state index is 0.0705. The minimum Gasteiger partial charge on any atom is -0.290 e. The standard InChI is InChI=1S/C15H13NO/c1-10-2-3-11-4-5-12-9-13(17)6-7-14(12)16-15(11)8-10/h2-3,6-9H,4-5H2,1H3. The molecule has 0 radical (unpaired) electrons. The number of carbonyl (C=O) groups excluding carboxylic acids is 1. The fraction of sp³-hybridized carbons (Fsp3) is 0.200. The summed E-state index contributed by atoms with van der Waals surface area (Å²) in [4.78, 5) is 16.0. The van der Waals surface area contributed by atoms with E-state index in [1.54, 1.807) is 12.2 Å². The zero-order valence-corrected chi connectivity index (χ0v) is 9.73. The van der Waals surface area contributed by atoms with Gasteiger partial charge in [0.2, 0.25) is 0 Å². The number of benzene rings is 1. The summed E-state index contributed by atoms with van der Waals surface area (Å²) in [5, 5.41) is 0. The molecule has 2 heteroatoms. The molecule has 17 heavy (non-hydrogen) atoms. The first kappa shape index (κ1) is 10.2. The van der Waals surface area contributed by atoms with Gasteiger partial charge in [-0.1, -0.05) is 12.1 Å². The fourth-order valence-electron chi connectivity index (χ4n) is 2.26. The third kappa shape index (κ3) is 1.86. The molecule has 0 fully saturated rings. The normalized spacial score (nSPS) is 17.8. The molecule has 2 aliphatic rings. The lowest BCUT2D eigenvalue weighted by Crippen LogP contribution is -2.07. The maximum absolute atomic E-state index is 11.3. The number of nitrogens with zero attached hydrogens (tertiary/aromatic N) is 1. The Kier molecular flexibility index (Phi) is 2.29. The Morgan fingerprint density at radius 2 is 2.06 bits per heavy atom. The van der Waals surface area contributed by atoms with Crippen molar-refractivity contribution in [3.05, 3.63) is 53.1 Å². The highest BCUT2D eigenvalue weighted by Crippen LogP contribution is 2.29. The average Bonchev–Trinajstić information content (AvgIpc) is 2.47. The van der Waals surface area contributed by atoms with Gasteiger partial charge in [0.05, 0.1) is 11.4 Å². The number of aliphatic imine (C=N–C) groups is 1. The van der Waals surface area contributed by atoms with Gasteiger partial charge in [0.25, 0.3) is 0 Å². The highest BCUT2D eigenvalue weighted by molar-refractivity contribution is 6.20. The number of ketones is 1. The molecule has 1 aliphatic heterocycles. The van der Waals surface area contributed by atoms with Crippen LogP contribution in [0, 0.1) is 6.92 Å². The Morgan fingerprint density at radius 1 is 1.18 bits per heavy atom. The second-order valence-electron chi connectivity index (χ2n) is 4.53. The lowest BCUT2D eigenvalue weighted by Gasteiger charge is -2.06. The zero-order valence-electron chi connectivity index (χ0n) is 9.73. The molecule has 0 atom stereocenters. The molecule has 1 aromatic rings. The maximum atomic E-state index is 11.3. The predicted octanol–water partition coefficient (Wildman–Crippen LogP) is 3.08. The summed E-state index contributed by atoms with van der Waals surface area (Å²) in [5.74, 6) is 0.0705. The summed E-state index contributed by atoms with van der Waals surface area (Å²) in [6.07, 6.45) is 6.97. The van der Waals surface area contributed by atoms with E-state index in [4.69, 9.17) is 0 Å². The van der Waals surface area contributed by atoms with Crippen molar-refractivity contribution in [2.75, 3.05) is 0 Å². The largest absolute Gasteiger partial charge is 0.290 e. The van der Waals surface area contributed by atoms with Crippen molar-refractivity contribution < 1.29 is 4.79 Å². The van der Waals surface area contributed by atoms with E-state index < -0.39 is 0 Å². The van der Waals surface area contributed by atoms with Gasteiger partial charge >= 0.3 is 0 Å². The molecule has 0 unspecified atom stereocenters. The molecule has 0 amide bonds. The van der Waals surface area contributed by atoms with Gasteiger partial charge in [-0.2, -0.15) is 0 Å². The van der Waals surface area contributed by atoms with Gasteiger partial charge in [-0.3, -0.25) is 4.79 Å². The zero-order chi connectivity index (χ0) is 11.8. The summed E-state index contributed by atoms with van der Waals surface area (Å²) in [5.41, 5.74) is 5.53. The van der Waals surface area contributed by atoms with Gasteiger partial charge in [-0.05, 0) is 60.8 Å². The lowest BCUT2D eigenvalue weighted by molar-refractivity contribution is -0.110. The second kappa shape index (κ2) is 3.81. The summed E-state index contributed by atoms with van der Waals surface area (Å²) in [6, 6.07) is 6.36. The van der Waals surface area contributed by atoms with E-state index in [2.05, 4.69) is 30.1 Å². The van der Waals surface area contributed by atoms with Crippen molar-refractivity contribution in [3.8, 4) is 0 Å². The van der Waals surface area contributed by atoms with E-state index in [9.17, 15) is 4.79 Å². The van der Waals surface area contributed by atoms with Gasteiger partial charge < -0.3 is 0 Å². The highest BCUT2D eigenvalue weighted by Gasteiger charge is 2.16. The first-order valence-corrected chi connectivity index (χ1v) is 5.83.